The third-order valence-electron chi connectivity index (χ3n) is 2.88. The molecule has 0 heterocycles. The van der Waals surface area contributed by atoms with Gasteiger partial charge in [-0.2, -0.15) is 0 Å². The zero-order valence-corrected chi connectivity index (χ0v) is 12.0. The van der Waals surface area contributed by atoms with E-state index in [1.165, 1.54) is 37.5 Å². The van der Waals surface area contributed by atoms with E-state index in [0.29, 0.717) is 11.3 Å². The number of hydrogen-bond donors (Lipinski definition) is 2. The lowest BCUT2D eigenvalue weighted by Crippen LogP contribution is -1.95. The molecule has 0 amide bonds. The smallest absolute Gasteiger partial charge is 0.189 e. The Labute approximate surface area is 126 Å². The highest BCUT2D eigenvalue weighted by Crippen LogP contribution is 2.28. The summed E-state index contributed by atoms with van der Waals surface area (Å²) in [6.45, 7) is 0. The Balaban J connectivity index is 2.29. The van der Waals surface area contributed by atoms with E-state index in [2.05, 4.69) is 0 Å². The molecule has 4 nitrogen and oxygen atoms in total. The molecule has 2 N–H and O–H groups in total. The van der Waals surface area contributed by atoms with Crippen LogP contribution in [0.3, 0.4) is 0 Å². The largest absolute Gasteiger partial charge is 0.508 e. The van der Waals surface area contributed by atoms with Gasteiger partial charge in [0.2, 0.25) is 0 Å². The third kappa shape index (κ3) is 3.35. The van der Waals surface area contributed by atoms with Gasteiger partial charge in [-0.25, -0.2) is 0 Å². The summed E-state index contributed by atoms with van der Waals surface area (Å²) in [6, 6.07) is 9.13. The first-order chi connectivity index (χ1) is 10.0. The number of ketones is 1. The number of para-hydroxylation sites is 1. The fraction of sp³-hybridized carbons (Fsp3) is 0.0625. The molecule has 0 spiro atoms. The number of benzene rings is 2. The molecule has 21 heavy (non-hydrogen) atoms. The molecule has 0 atom stereocenters. The van der Waals surface area contributed by atoms with Crippen LogP contribution in [0.1, 0.15) is 15.9 Å². The lowest BCUT2D eigenvalue weighted by molar-refractivity contribution is 0.104. The predicted octanol–water partition coefficient (Wildman–Crippen LogP) is 3.66. The topological polar surface area (TPSA) is 66.8 Å². The van der Waals surface area contributed by atoms with Crippen molar-refractivity contribution in [2.24, 2.45) is 0 Å². The second-order valence-corrected chi connectivity index (χ2v) is 4.67. The standard InChI is InChI=1S/C16H13ClO4/c1-21-15-9-11(18)7-5-10(15)6-8-14(19)12-3-2-4-13(17)16(12)20/h2-9,18,20H,1H3/b8-6+. The molecule has 0 unspecified atom stereocenters. The second kappa shape index (κ2) is 6.33. The Morgan fingerprint density at radius 1 is 1.24 bits per heavy atom. The molecule has 0 radical (unpaired) electrons. The molecule has 0 aliphatic rings. The Bertz CT molecular complexity index is 707. The summed E-state index contributed by atoms with van der Waals surface area (Å²) in [7, 11) is 1.47. The van der Waals surface area contributed by atoms with Crippen LogP contribution in [0.2, 0.25) is 5.02 Å². The van der Waals surface area contributed by atoms with Crippen molar-refractivity contribution in [3.8, 4) is 17.2 Å². The number of halogens is 1. The van der Waals surface area contributed by atoms with Crippen molar-refractivity contribution < 1.29 is 19.7 Å². The first kappa shape index (κ1) is 14.9. The van der Waals surface area contributed by atoms with E-state index in [1.807, 2.05) is 0 Å². The van der Waals surface area contributed by atoms with Gasteiger partial charge in [0.1, 0.15) is 17.2 Å². The summed E-state index contributed by atoms with van der Waals surface area (Å²) in [4.78, 5) is 12.1. The van der Waals surface area contributed by atoms with Crippen LogP contribution in [-0.2, 0) is 0 Å². The summed E-state index contributed by atoms with van der Waals surface area (Å²) in [6.07, 6.45) is 2.85. The summed E-state index contributed by atoms with van der Waals surface area (Å²) in [5, 5.41) is 19.3. The highest BCUT2D eigenvalue weighted by molar-refractivity contribution is 6.32. The molecular formula is C16H13ClO4. The second-order valence-electron chi connectivity index (χ2n) is 4.26. The van der Waals surface area contributed by atoms with Crippen LogP contribution < -0.4 is 4.74 Å². The monoisotopic (exact) mass is 304 g/mol. The maximum Gasteiger partial charge on any atom is 0.189 e. The Morgan fingerprint density at radius 3 is 2.71 bits per heavy atom. The molecule has 108 valence electrons. The fourth-order valence-corrected chi connectivity index (χ4v) is 1.98. The molecule has 0 saturated carbocycles. The minimum Gasteiger partial charge on any atom is -0.508 e. The number of phenolic OH excluding ortho intramolecular Hbond substituents is 2. The Hall–Kier alpha value is -2.46. The Kier molecular flexibility index (Phi) is 4.50. The Morgan fingerprint density at radius 2 is 2.00 bits per heavy atom. The van der Waals surface area contributed by atoms with E-state index >= 15 is 0 Å². The van der Waals surface area contributed by atoms with Crippen molar-refractivity contribution in [2.75, 3.05) is 7.11 Å². The quantitative estimate of drug-likeness (QED) is 0.668. The number of allylic oxidation sites excluding steroid dienone is 1. The molecule has 5 heteroatoms. The molecule has 0 bridgehead atoms. The van der Waals surface area contributed by atoms with Crippen molar-refractivity contribution in [1.29, 1.82) is 0 Å². The van der Waals surface area contributed by atoms with Crippen LogP contribution in [-0.4, -0.2) is 23.1 Å². The number of phenols is 2. The number of methoxy groups -OCH3 is 1. The highest BCUT2D eigenvalue weighted by Gasteiger charge is 2.11. The van der Waals surface area contributed by atoms with Gasteiger partial charge in [0.25, 0.3) is 0 Å². The van der Waals surface area contributed by atoms with E-state index in [0.717, 1.165) is 0 Å². The maximum absolute atomic E-state index is 12.1. The van der Waals surface area contributed by atoms with Gasteiger partial charge >= 0.3 is 0 Å². The van der Waals surface area contributed by atoms with Crippen molar-refractivity contribution in [1.82, 2.24) is 0 Å². The summed E-state index contributed by atoms with van der Waals surface area (Å²) in [5.41, 5.74) is 0.752. The molecule has 0 aliphatic heterocycles. The number of rotatable bonds is 4. The molecule has 2 aromatic rings. The molecule has 0 saturated heterocycles. The fourth-order valence-electron chi connectivity index (χ4n) is 1.81. The van der Waals surface area contributed by atoms with Crippen LogP contribution in [0, 0.1) is 0 Å². The first-order valence-corrected chi connectivity index (χ1v) is 6.47. The number of aromatic hydroxyl groups is 2. The molecule has 2 rings (SSSR count). The normalized spacial score (nSPS) is 10.8. The van der Waals surface area contributed by atoms with Gasteiger partial charge < -0.3 is 14.9 Å². The van der Waals surface area contributed by atoms with E-state index < -0.39 is 0 Å². The van der Waals surface area contributed by atoms with E-state index in [1.54, 1.807) is 18.2 Å². The number of hydrogen-bond acceptors (Lipinski definition) is 4. The number of ether oxygens (including phenoxy) is 1. The van der Waals surface area contributed by atoms with Gasteiger partial charge in [0.05, 0.1) is 17.7 Å². The van der Waals surface area contributed by atoms with Crippen molar-refractivity contribution in [2.45, 2.75) is 0 Å². The minimum atomic E-state index is -0.384. The zero-order chi connectivity index (χ0) is 15.4. The average Bonchev–Trinajstić information content (AvgIpc) is 2.48. The van der Waals surface area contributed by atoms with Crippen molar-refractivity contribution >= 4 is 23.5 Å². The lowest BCUT2D eigenvalue weighted by Gasteiger charge is -2.05. The van der Waals surface area contributed by atoms with Gasteiger partial charge in [-0.05, 0) is 36.4 Å². The summed E-state index contributed by atoms with van der Waals surface area (Å²) < 4.78 is 5.11. The van der Waals surface area contributed by atoms with Gasteiger partial charge in [0.15, 0.2) is 5.78 Å². The lowest BCUT2D eigenvalue weighted by atomic mass is 10.1. The van der Waals surface area contributed by atoms with Crippen LogP contribution in [0.4, 0.5) is 0 Å². The average molecular weight is 305 g/mol. The first-order valence-electron chi connectivity index (χ1n) is 6.10. The molecule has 2 aromatic carbocycles. The van der Waals surface area contributed by atoms with Gasteiger partial charge in [-0.3, -0.25) is 4.79 Å². The summed E-state index contributed by atoms with van der Waals surface area (Å²) in [5.74, 6) is -0.117. The zero-order valence-electron chi connectivity index (χ0n) is 11.2. The van der Waals surface area contributed by atoms with E-state index in [9.17, 15) is 15.0 Å². The highest BCUT2D eigenvalue weighted by atomic mass is 35.5. The molecule has 0 fully saturated rings. The SMILES string of the molecule is COc1cc(O)ccc1/C=C/C(=O)c1cccc(Cl)c1O. The van der Waals surface area contributed by atoms with Crippen molar-refractivity contribution in [3.63, 3.8) is 0 Å². The predicted molar refractivity (Wildman–Crippen MR) is 81.1 cm³/mol. The molecule has 0 aliphatic carbocycles. The number of carbonyl (C=O) groups is 1. The van der Waals surface area contributed by atoms with Gasteiger partial charge in [0, 0.05) is 11.6 Å². The van der Waals surface area contributed by atoms with E-state index in [4.69, 9.17) is 16.3 Å². The van der Waals surface area contributed by atoms with Crippen LogP contribution >= 0.6 is 11.6 Å². The van der Waals surface area contributed by atoms with Gasteiger partial charge in [-0.15, -0.1) is 0 Å². The third-order valence-corrected chi connectivity index (χ3v) is 3.19. The van der Waals surface area contributed by atoms with E-state index in [-0.39, 0.29) is 27.9 Å². The van der Waals surface area contributed by atoms with Crippen LogP contribution in [0.25, 0.3) is 6.08 Å². The molecule has 0 aromatic heterocycles. The minimum absolute atomic E-state index is 0.0720. The van der Waals surface area contributed by atoms with Crippen molar-refractivity contribution in [3.05, 3.63) is 58.6 Å². The van der Waals surface area contributed by atoms with Crippen LogP contribution in [0.15, 0.2) is 42.5 Å². The maximum atomic E-state index is 12.1. The van der Waals surface area contributed by atoms with Crippen LogP contribution in [0.5, 0.6) is 17.2 Å². The summed E-state index contributed by atoms with van der Waals surface area (Å²) >= 11 is 5.77. The van der Waals surface area contributed by atoms with Gasteiger partial charge in [-0.1, -0.05) is 17.7 Å². The number of carbonyl (C=O) groups excluding carboxylic acids is 1. The molecular weight excluding hydrogens is 292 g/mol.